The Hall–Kier alpha value is -2.05. The van der Waals surface area contributed by atoms with Gasteiger partial charge < -0.3 is 19.7 Å². The zero-order chi connectivity index (χ0) is 18.5. The van der Waals surface area contributed by atoms with E-state index in [-0.39, 0.29) is 0 Å². The lowest BCUT2D eigenvalue weighted by Crippen LogP contribution is -2.33. The van der Waals surface area contributed by atoms with Crippen LogP contribution in [0.5, 0.6) is 11.5 Å². The van der Waals surface area contributed by atoms with Crippen LogP contribution in [0, 0.1) is 0 Å². The van der Waals surface area contributed by atoms with E-state index < -0.39 is 0 Å². The highest BCUT2D eigenvalue weighted by Gasteiger charge is 2.15. The highest BCUT2D eigenvalue weighted by atomic mass is 16.5. The number of hydrogen-bond acceptors (Lipinski definition) is 5. The van der Waals surface area contributed by atoms with Crippen LogP contribution in [0.4, 0.5) is 0 Å². The van der Waals surface area contributed by atoms with Crippen molar-refractivity contribution in [2.75, 3.05) is 33.4 Å². The maximum absolute atomic E-state index is 5.82. The summed E-state index contributed by atoms with van der Waals surface area (Å²) in [6.45, 7) is 8.59. The normalized spacial score (nSPS) is 14.1. The van der Waals surface area contributed by atoms with Gasteiger partial charge >= 0.3 is 0 Å². The van der Waals surface area contributed by atoms with E-state index in [2.05, 4.69) is 48.5 Å². The van der Waals surface area contributed by atoms with E-state index >= 15 is 0 Å². The molecular formula is C20H30N4O2. The fourth-order valence-electron chi connectivity index (χ4n) is 2.96. The Morgan fingerprint density at radius 3 is 2.77 bits per heavy atom. The van der Waals surface area contributed by atoms with Crippen molar-refractivity contribution in [2.45, 2.75) is 32.9 Å². The van der Waals surface area contributed by atoms with E-state index in [1.807, 2.05) is 23.9 Å². The molecule has 2 heterocycles. The van der Waals surface area contributed by atoms with E-state index in [0.29, 0.717) is 19.3 Å². The Balaban J connectivity index is 1.70. The van der Waals surface area contributed by atoms with E-state index in [0.717, 1.165) is 48.8 Å². The van der Waals surface area contributed by atoms with Crippen molar-refractivity contribution in [3.05, 3.63) is 30.0 Å². The first kappa shape index (κ1) is 18.7. The minimum Gasteiger partial charge on any atom is -0.490 e. The van der Waals surface area contributed by atoms with Gasteiger partial charge in [0.25, 0.3) is 0 Å². The molecule has 0 spiro atoms. The first-order chi connectivity index (χ1) is 12.5. The zero-order valence-corrected chi connectivity index (χ0v) is 16.3. The maximum atomic E-state index is 5.82. The lowest BCUT2D eigenvalue weighted by molar-refractivity contribution is 0.273. The van der Waals surface area contributed by atoms with Gasteiger partial charge in [0.2, 0.25) is 0 Å². The first-order valence-electron chi connectivity index (χ1n) is 9.38. The summed E-state index contributed by atoms with van der Waals surface area (Å²) < 4.78 is 13.4. The number of hydrogen-bond donors (Lipinski definition) is 1. The predicted molar refractivity (Wildman–Crippen MR) is 104 cm³/mol. The molecule has 1 N–H and O–H groups in total. The van der Waals surface area contributed by atoms with Crippen molar-refractivity contribution < 1.29 is 9.47 Å². The van der Waals surface area contributed by atoms with Gasteiger partial charge in [0.1, 0.15) is 0 Å². The third-order valence-corrected chi connectivity index (χ3v) is 4.76. The number of nitrogens with zero attached hydrogens (tertiary/aromatic N) is 3. The number of benzene rings is 1. The van der Waals surface area contributed by atoms with Gasteiger partial charge in [-0.25, -0.2) is 0 Å². The fourth-order valence-corrected chi connectivity index (χ4v) is 2.96. The number of aromatic nitrogens is 2. The van der Waals surface area contributed by atoms with Crippen LogP contribution >= 0.6 is 0 Å². The lowest BCUT2D eigenvalue weighted by atomic mass is 10.1. The van der Waals surface area contributed by atoms with Crippen molar-refractivity contribution >= 4 is 0 Å². The Morgan fingerprint density at radius 2 is 2.00 bits per heavy atom. The Bertz CT molecular complexity index is 727. The molecular weight excluding hydrogens is 328 g/mol. The molecule has 1 aromatic carbocycles. The summed E-state index contributed by atoms with van der Waals surface area (Å²) in [5.41, 5.74) is 3.24. The Morgan fingerprint density at radius 1 is 1.23 bits per heavy atom. The molecule has 2 aromatic rings. The minimum absolute atomic E-state index is 0.563. The molecule has 0 aliphatic carbocycles. The lowest BCUT2D eigenvalue weighted by Gasteiger charge is -2.20. The van der Waals surface area contributed by atoms with E-state index in [1.165, 1.54) is 5.56 Å². The van der Waals surface area contributed by atoms with Gasteiger partial charge in [0.05, 0.1) is 18.9 Å². The molecule has 0 amide bonds. The monoisotopic (exact) mass is 358 g/mol. The number of rotatable bonds is 7. The van der Waals surface area contributed by atoms with Crippen molar-refractivity contribution in [2.24, 2.45) is 7.05 Å². The van der Waals surface area contributed by atoms with Gasteiger partial charge in [-0.3, -0.25) is 4.68 Å². The molecule has 1 aliphatic heterocycles. The summed E-state index contributed by atoms with van der Waals surface area (Å²) in [5, 5.41) is 8.20. The van der Waals surface area contributed by atoms with Crippen LogP contribution in [0.25, 0.3) is 11.3 Å². The Labute approximate surface area is 156 Å². The third-order valence-electron chi connectivity index (χ3n) is 4.76. The predicted octanol–water partition coefficient (Wildman–Crippen LogP) is 2.68. The molecule has 0 atom stereocenters. The van der Waals surface area contributed by atoms with E-state index in [9.17, 15) is 0 Å². The summed E-state index contributed by atoms with van der Waals surface area (Å²) in [5.74, 6) is 1.63. The van der Waals surface area contributed by atoms with Crippen molar-refractivity contribution in [1.82, 2.24) is 20.0 Å². The Kier molecular flexibility index (Phi) is 6.16. The molecule has 1 aliphatic rings. The summed E-state index contributed by atoms with van der Waals surface area (Å²) in [4.78, 5) is 2.33. The summed E-state index contributed by atoms with van der Waals surface area (Å²) in [6.07, 6.45) is 2.99. The molecule has 6 nitrogen and oxygen atoms in total. The molecule has 0 radical (unpaired) electrons. The smallest absolute Gasteiger partial charge is 0.161 e. The van der Waals surface area contributed by atoms with Gasteiger partial charge in [0, 0.05) is 56.5 Å². The average Bonchev–Trinajstić information content (AvgIpc) is 2.84. The quantitative estimate of drug-likeness (QED) is 0.771. The van der Waals surface area contributed by atoms with Crippen LogP contribution in [0.3, 0.4) is 0 Å². The zero-order valence-electron chi connectivity index (χ0n) is 16.3. The number of fused-ring (bicyclic) bond motifs is 1. The van der Waals surface area contributed by atoms with Crippen LogP contribution in [-0.2, 0) is 13.6 Å². The molecule has 1 aromatic heterocycles. The second-order valence-corrected chi connectivity index (χ2v) is 7.14. The van der Waals surface area contributed by atoms with Crippen LogP contribution in [0.1, 0.15) is 25.8 Å². The molecule has 0 bridgehead atoms. The number of likely N-dealkylation sites (N-methyl/N-ethyl adjacent to an activating group) is 1. The SMILES string of the molecule is CC(C)N(C)CCNCc1cn(C)nc1-c1ccc2c(c1)OCCCO2. The fraction of sp³-hybridized carbons (Fsp3) is 0.550. The van der Waals surface area contributed by atoms with Gasteiger partial charge in [-0.05, 0) is 39.1 Å². The van der Waals surface area contributed by atoms with Crippen LogP contribution < -0.4 is 14.8 Å². The number of nitrogens with one attached hydrogen (secondary N) is 1. The van der Waals surface area contributed by atoms with Crippen molar-refractivity contribution in [3.63, 3.8) is 0 Å². The van der Waals surface area contributed by atoms with E-state index in [4.69, 9.17) is 9.47 Å². The average molecular weight is 358 g/mol. The maximum Gasteiger partial charge on any atom is 0.161 e. The summed E-state index contributed by atoms with van der Waals surface area (Å²) in [6, 6.07) is 6.65. The van der Waals surface area contributed by atoms with Crippen molar-refractivity contribution in [3.8, 4) is 22.8 Å². The molecule has 0 fully saturated rings. The van der Waals surface area contributed by atoms with E-state index in [1.54, 1.807) is 0 Å². The molecule has 0 unspecified atom stereocenters. The molecule has 142 valence electrons. The summed E-state index contributed by atoms with van der Waals surface area (Å²) >= 11 is 0. The minimum atomic E-state index is 0.563. The van der Waals surface area contributed by atoms with Gasteiger partial charge in [-0.1, -0.05) is 0 Å². The molecule has 3 rings (SSSR count). The molecule has 6 heteroatoms. The standard InChI is InChI=1S/C20H30N4O2/c1-15(2)23(3)9-8-21-13-17-14-24(4)22-20(17)16-6-7-18-19(12-16)26-11-5-10-25-18/h6-7,12,14-15,21H,5,8-11,13H2,1-4H3. The van der Waals surface area contributed by atoms with Gasteiger partial charge in [-0.15, -0.1) is 0 Å². The first-order valence-corrected chi connectivity index (χ1v) is 9.38. The van der Waals surface area contributed by atoms with Gasteiger partial charge in [0.15, 0.2) is 11.5 Å². The highest BCUT2D eigenvalue weighted by Crippen LogP contribution is 2.34. The van der Waals surface area contributed by atoms with Gasteiger partial charge in [-0.2, -0.15) is 5.10 Å². The largest absolute Gasteiger partial charge is 0.490 e. The van der Waals surface area contributed by atoms with Crippen LogP contribution in [0.2, 0.25) is 0 Å². The number of ether oxygens (including phenoxy) is 2. The molecule has 0 saturated carbocycles. The molecule has 0 saturated heterocycles. The molecule has 26 heavy (non-hydrogen) atoms. The van der Waals surface area contributed by atoms with Crippen LogP contribution in [-0.4, -0.2) is 54.1 Å². The second-order valence-electron chi connectivity index (χ2n) is 7.14. The third kappa shape index (κ3) is 4.56. The van der Waals surface area contributed by atoms with Crippen molar-refractivity contribution in [1.29, 1.82) is 0 Å². The van der Waals surface area contributed by atoms with Crippen LogP contribution in [0.15, 0.2) is 24.4 Å². The second kappa shape index (κ2) is 8.56. The summed E-state index contributed by atoms with van der Waals surface area (Å²) in [7, 11) is 4.11. The topological polar surface area (TPSA) is 51.6 Å². The highest BCUT2D eigenvalue weighted by molar-refractivity contribution is 5.66. The number of aryl methyl sites for hydroxylation is 1.